The number of halogens is 1. The molecule has 0 aliphatic carbocycles. The number of aromatic nitrogens is 2. The Balaban J connectivity index is 0.000000369. The highest BCUT2D eigenvalue weighted by atomic mass is 19.1. The smallest absolute Gasteiger partial charge is 0.211 e. The number of alkyl halides is 1. The number of carbonyl (C=O) groups excluding carboxylic acids is 1. The molecule has 2 aromatic carbocycles. The molecule has 1 fully saturated rings. The van der Waals surface area contributed by atoms with Crippen LogP contribution in [-0.4, -0.2) is 41.6 Å². The zero-order valence-corrected chi connectivity index (χ0v) is 27.5. The third-order valence-corrected chi connectivity index (χ3v) is 7.56. The molecule has 0 radical (unpaired) electrons. The highest BCUT2D eigenvalue weighted by Crippen LogP contribution is 2.23. The number of benzene rings is 2. The molecule has 4 rings (SSSR count). The van der Waals surface area contributed by atoms with Crippen molar-refractivity contribution in [1.29, 1.82) is 0 Å². The molecule has 1 aromatic heterocycles. The van der Waals surface area contributed by atoms with Gasteiger partial charge in [0.05, 0.1) is 17.4 Å². The van der Waals surface area contributed by atoms with Crippen LogP contribution in [0.4, 0.5) is 10.1 Å². The fourth-order valence-electron chi connectivity index (χ4n) is 4.79. The van der Waals surface area contributed by atoms with Crippen LogP contribution in [0.25, 0.3) is 11.3 Å². The van der Waals surface area contributed by atoms with Gasteiger partial charge in [0.25, 0.3) is 0 Å². The molecule has 2 unspecified atom stereocenters. The van der Waals surface area contributed by atoms with Crippen molar-refractivity contribution in [1.82, 2.24) is 15.1 Å². The van der Waals surface area contributed by atoms with E-state index in [9.17, 15) is 9.18 Å². The fraction of sp³-hybridized carbons (Fsp3) is 0.444. The van der Waals surface area contributed by atoms with Crippen LogP contribution in [0.1, 0.15) is 72.4 Å². The molecule has 44 heavy (non-hydrogen) atoms. The number of hydrogen-bond donors (Lipinski definition) is 2. The van der Waals surface area contributed by atoms with Gasteiger partial charge in [-0.3, -0.25) is 9.48 Å². The molecule has 7 nitrogen and oxygen atoms in total. The molecule has 2 atom stereocenters. The van der Waals surface area contributed by atoms with Crippen molar-refractivity contribution in [2.45, 2.75) is 92.5 Å². The molecule has 2 N–H and O–H groups in total. The van der Waals surface area contributed by atoms with Crippen molar-refractivity contribution in [3.8, 4) is 11.5 Å². The van der Waals surface area contributed by atoms with Crippen LogP contribution in [0.3, 0.4) is 0 Å². The molecule has 1 amide bonds. The summed E-state index contributed by atoms with van der Waals surface area (Å²) in [5.41, 5.74) is 4.34. The van der Waals surface area contributed by atoms with E-state index in [2.05, 4.69) is 61.6 Å². The van der Waals surface area contributed by atoms with Crippen molar-refractivity contribution in [3.05, 3.63) is 82.5 Å². The SMILES string of the molecule is CC(C)(C)n1cc(NC=O)cn1.C\C=C/C(Oc1ccc(CC)cc1C)=c1/cc(OC2CCNCC2F)cc/c1=C(/C)CC. The first-order chi connectivity index (χ1) is 21.0. The van der Waals surface area contributed by atoms with Crippen molar-refractivity contribution >= 4 is 23.4 Å². The minimum Gasteiger partial charge on any atom is -0.487 e. The van der Waals surface area contributed by atoms with Crippen molar-refractivity contribution in [2.75, 3.05) is 18.4 Å². The minimum atomic E-state index is -1.01. The number of aryl methyl sites for hydroxylation is 2. The normalized spacial score (nSPS) is 18.2. The molecule has 0 spiro atoms. The number of nitrogens with zero attached hydrogens (tertiary/aromatic N) is 2. The molecule has 3 aromatic rings. The van der Waals surface area contributed by atoms with Crippen molar-refractivity contribution in [3.63, 3.8) is 0 Å². The van der Waals surface area contributed by atoms with Gasteiger partial charge in [-0.1, -0.05) is 43.7 Å². The average molecular weight is 605 g/mol. The second-order valence-corrected chi connectivity index (χ2v) is 12.0. The van der Waals surface area contributed by atoms with Gasteiger partial charge in [-0.2, -0.15) is 5.10 Å². The maximum atomic E-state index is 14.3. The first kappa shape index (κ1) is 34.6. The molecule has 1 saturated heterocycles. The number of nitrogens with one attached hydrogen (secondary N) is 2. The van der Waals surface area contributed by atoms with E-state index in [1.807, 2.05) is 58.0 Å². The molecule has 2 heterocycles. The molecule has 8 heteroatoms. The van der Waals surface area contributed by atoms with E-state index in [4.69, 9.17) is 9.47 Å². The van der Waals surface area contributed by atoms with E-state index in [1.165, 1.54) is 11.1 Å². The van der Waals surface area contributed by atoms with E-state index in [0.29, 0.717) is 25.1 Å². The Bertz CT molecular complexity index is 1540. The highest BCUT2D eigenvalue weighted by Gasteiger charge is 2.26. The summed E-state index contributed by atoms with van der Waals surface area (Å²) in [5.74, 6) is 2.27. The van der Waals surface area contributed by atoms with Gasteiger partial charge in [0.1, 0.15) is 29.5 Å². The number of piperidine rings is 1. The van der Waals surface area contributed by atoms with Gasteiger partial charge in [-0.15, -0.1) is 0 Å². The number of ether oxygens (including phenoxy) is 2. The second-order valence-electron chi connectivity index (χ2n) is 12.0. The number of carbonyl (C=O) groups is 1. The monoisotopic (exact) mass is 604 g/mol. The summed E-state index contributed by atoms with van der Waals surface area (Å²) in [7, 11) is 0. The van der Waals surface area contributed by atoms with Gasteiger partial charge < -0.3 is 20.1 Å². The average Bonchev–Trinajstić information content (AvgIpc) is 3.49. The Hall–Kier alpha value is -3.91. The summed E-state index contributed by atoms with van der Waals surface area (Å²) in [4.78, 5) is 10.1. The summed E-state index contributed by atoms with van der Waals surface area (Å²) < 4.78 is 28.7. The predicted molar refractivity (Wildman–Crippen MR) is 178 cm³/mol. The lowest BCUT2D eigenvalue weighted by molar-refractivity contribution is -0.105. The third-order valence-electron chi connectivity index (χ3n) is 7.56. The molecular weight excluding hydrogens is 555 g/mol. The van der Waals surface area contributed by atoms with Crippen LogP contribution in [0, 0.1) is 6.92 Å². The summed E-state index contributed by atoms with van der Waals surface area (Å²) in [5, 5.41) is 11.8. The van der Waals surface area contributed by atoms with Crippen LogP contribution >= 0.6 is 0 Å². The number of allylic oxidation sites excluding steroid dienone is 1. The Kier molecular flexibility index (Phi) is 12.8. The highest BCUT2D eigenvalue weighted by molar-refractivity contribution is 5.70. The first-order valence-corrected chi connectivity index (χ1v) is 15.5. The Morgan fingerprint density at radius 3 is 2.55 bits per heavy atom. The van der Waals surface area contributed by atoms with E-state index in [1.54, 1.807) is 17.1 Å². The Labute approximate surface area is 261 Å². The summed E-state index contributed by atoms with van der Waals surface area (Å²) in [6.45, 7) is 17.7. The Morgan fingerprint density at radius 2 is 1.95 bits per heavy atom. The van der Waals surface area contributed by atoms with Gasteiger partial charge in [-0.25, -0.2) is 4.39 Å². The summed E-state index contributed by atoms with van der Waals surface area (Å²) in [6, 6.07) is 12.3. The Morgan fingerprint density at radius 1 is 1.18 bits per heavy atom. The minimum absolute atomic E-state index is 0.0389. The lowest BCUT2D eigenvalue weighted by Crippen LogP contribution is -2.44. The van der Waals surface area contributed by atoms with Gasteiger partial charge in [0.2, 0.25) is 6.41 Å². The van der Waals surface area contributed by atoms with Crippen molar-refractivity contribution in [2.24, 2.45) is 0 Å². The summed E-state index contributed by atoms with van der Waals surface area (Å²) in [6.07, 6.45) is 9.18. The maximum absolute atomic E-state index is 14.3. The van der Waals surface area contributed by atoms with Gasteiger partial charge >= 0.3 is 0 Å². The molecule has 0 saturated carbocycles. The molecule has 0 bridgehead atoms. The van der Waals surface area contributed by atoms with Gasteiger partial charge in [0, 0.05) is 18.0 Å². The maximum Gasteiger partial charge on any atom is 0.211 e. The van der Waals surface area contributed by atoms with Gasteiger partial charge in [-0.05, 0) is 108 Å². The quantitative estimate of drug-likeness (QED) is 0.285. The zero-order chi connectivity index (χ0) is 32.3. The summed E-state index contributed by atoms with van der Waals surface area (Å²) >= 11 is 0. The molecule has 1 aliphatic heterocycles. The van der Waals surface area contributed by atoms with Crippen molar-refractivity contribution < 1.29 is 18.7 Å². The van der Waals surface area contributed by atoms with Crippen LogP contribution in [0.15, 0.2) is 60.9 Å². The van der Waals surface area contributed by atoms with E-state index < -0.39 is 12.3 Å². The van der Waals surface area contributed by atoms with Crippen LogP contribution < -0.4 is 30.5 Å². The largest absolute Gasteiger partial charge is 0.487 e. The number of hydrogen-bond acceptors (Lipinski definition) is 5. The topological polar surface area (TPSA) is 77.4 Å². The molecule has 238 valence electrons. The standard InChI is InChI=1S/C28H36FNO2.C8H13N3O/c1-6-9-27(32-26-13-10-21(8-3)16-20(26)5)24-17-22(11-12-23(24)19(4)7-2)31-28-14-15-30-18-25(28)29;1-8(2,3)11-5-7(4-10-11)9-6-12/h6,9-13,16-17,25,28,30H,7-8,14-15,18H2,1-5H3;4-6H,1-3H3,(H,9,12)/b9-6-,23-19+,27-24+;. The lowest BCUT2D eigenvalue weighted by atomic mass is 10.1. The number of anilines is 1. The van der Waals surface area contributed by atoms with Crippen LogP contribution in [0.5, 0.6) is 11.5 Å². The fourth-order valence-corrected chi connectivity index (χ4v) is 4.79. The molecular formula is C36H49FN4O3. The van der Waals surface area contributed by atoms with E-state index in [-0.39, 0.29) is 5.54 Å². The van der Waals surface area contributed by atoms with E-state index >= 15 is 0 Å². The van der Waals surface area contributed by atoms with Crippen LogP contribution in [0.2, 0.25) is 0 Å². The van der Waals surface area contributed by atoms with Gasteiger partial charge in [0.15, 0.2) is 0 Å². The molecule has 1 aliphatic rings. The lowest BCUT2D eigenvalue weighted by Gasteiger charge is -2.27. The number of amides is 1. The third kappa shape index (κ3) is 9.55. The zero-order valence-electron chi connectivity index (χ0n) is 27.5. The first-order valence-electron chi connectivity index (χ1n) is 15.5. The predicted octanol–water partition coefficient (Wildman–Crippen LogP) is 6.19. The number of rotatable bonds is 9. The van der Waals surface area contributed by atoms with E-state index in [0.717, 1.165) is 52.6 Å². The van der Waals surface area contributed by atoms with Crippen LogP contribution in [-0.2, 0) is 16.8 Å². The second kappa shape index (κ2) is 16.2.